The smallest absolute Gasteiger partial charge is 0.270 e. The lowest BCUT2D eigenvalue weighted by Crippen LogP contribution is -2.46. The van der Waals surface area contributed by atoms with Crippen LogP contribution >= 0.6 is 11.3 Å². The Morgan fingerprint density at radius 2 is 2.00 bits per heavy atom. The second-order valence-electron chi connectivity index (χ2n) is 7.49. The highest BCUT2D eigenvalue weighted by atomic mass is 32.1. The first-order chi connectivity index (χ1) is 13.5. The molecule has 0 unspecified atom stereocenters. The number of hydrogen-bond acceptors (Lipinski definition) is 3. The van der Waals surface area contributed by atoms with Crippen LogP contribution in [-0.4, -0.2) is 34.4 Å². The molecule has 1 saturated heterocycles. The van der Waals surface area contributed by atoms with E-state index >= 15 is 0 Å². The molecular formula is C22H25N3O2S. The molecule has 2 atom stereocenters. The summed E-state index contributed by atoms with van der Waals surface area (Å²) < 4.78 is 3.07. The van der Waals surface area contributed by atoms with Crippen molar-refractivity contribution in [2.45, 2.75) is 25.8 Å². The number of likely N-dealkylation sites (tertiary alicyclic amines) is 1. The minimum absolute atomic E-state index is 0.0134. The van der Waals surface area contributed by atoms with Gasteiger partial charge in [-0.15, -0.1) is 11.3 Å². The zero-order valence-electron chi connectivity index (χ0n) is 16.2. The van der Waals surface area contributed by atoms with Gasteiger partial charge in [-0.05, 0) is 42.8 Å². The topological polar surface area (TPSA) is 54.3 Å². The van der Waals surface area contributed by atoms with Crippen LogP contribution in [0.3, 0.4) is 0 Å². The van der Waals surface area contributed by atoms with E-state index in [1.165, 1.54) is 0 Å². The first-order valence-corrected chi connectivity index (χ1v) is 10.6. The van der Waals surface area contributed by atoms with Crippen LogP contribution in [0.1, 0.15) is 41.9 Å². The molecule has 0 radical (unpaired) electrons. The third-order valence-corrected chi connectivity index (χ3v) is 6.47. The van der Waals surface area contributed by atoms with E-state index in [4.69, 9.17) is 0 Å². The van der Waals surface area contributed by atoms with Gasteiger partial charge in [-0.25, -0.2) is 0 Å². The summed E-state index contributed by atoms with van der Waals surface area (Å²) in [5.41, 5.74) is 2.86. The van der Waals surface area contributed by atoms with Crippen molar-refractivity contribution in [2.75, 3.05) is 13.1 Å². The summed E-state index contributed by atoms with van der Waals surface area (Å²) in [5, 5.41) is 5.15. The van der Waals surface area contributed by atoms with Gasteiger partial charge in [0.05, 0.1) is 22.2 Å². The molecule has 1 aliphatic rings. The SMILES string of the molecule is C[C@H](NC(=O)[C@H]1CCCN(C(=O)c2cc3sccc3n2C)C1)c1ccccc1. The average molecular weight is 396 g/mol. The lowest BCUT2D eigenvalue weighted by molar-refractivity contribution is -0.127. The second kappa shape index (κ2) is 7.80. The van der Waals surface area contributed by atoms with Gasteiger partial charge >= 0.3 is 0 Å². The van der Waals surface area contributed by atoms with E-state index in [-0.39, 0.29) is 23.8 Å². The van der Waals surface area contributed by atoms with Gasteiger partial charge in [-0.3, -0.25) is 9.59 Å². The molecule has 0 saturated carbocycles. The number of thiophene rings is 1. The lowest BCUT2D eigenvalue weighted by Gasteiger charge is -2.32. The predicted octanol–water partition coefficient (Wildman–Crippen LogP) is 3.97. The number of piperidine rings is 1. The van der Waals surface area contributed by atoms with Crippen molar-refractivity contribution in [3.63, 3.8) is 0 Å². The molecule has 3 aromatic rings. The molecule has 28 heavy (non-hydrogen) atoms. The zero-order chi connectivity index (χ0) is 19.7. The number of carbonyl (C=O) groups excluding carboxylic acids is 2. The molecule has 1 aliphatic heterocycles. The van der Waals surface area contributed by atoms with Crippen LogP contribution in [0.15, 0.2) is 47.8 Å². The molecule has 1 N–H and O–H groups in total. The van der Waals surface area contributed by atoms with Gasteiger partial charge in [0.15, 0.2) is 0 Å². The van der Waals surface area contributed by atoms with Crippen LogP contribution in [0.5, 0.6) is 0 Å². The summed E-state index contributed by atoms with van der Waals surface area (Å²) in [4.78, 5) is 27.7. The number of nitrogens with zero attached hydrogens (tertiary/aromatic N) is 2. The number of nitrogens with one attached hydrogen (secondary N) is 1. The summed E-state index contributed by atoms with van der Waals surface area (Å²) in [5.74, 6) is -0.119. The minimum Gasteiger partial charge on any atom is -0.349 e. The molecule has 0 spiro atoms. The summed E-state index contributed by atoms with van der Waals surface area (Å²) >= 11 is 1.64. The molecule has 0 bridgehead atoms. The Morgan fingerprint density at radius 1 is 1.21 bits per heavy atom. The molecule has 4 rings (SSSR count). The standard InChI is InChI=1S/C22H25N3O2S/c1-15(16-7-4-3-5-8-16)23-21(26)17-9-6-11-25(14-17)22(27)19-13-20-18(24(19)2)10-12-28-20/h3-5,7-8,10,12-13,15,17H,6,9,11,14H2,1-2H3,(H,23,26)/t15-,17-/m0/s1. The Balaban J connectivity index is 1.43. The Hall–Kier alpha value is -2.60. The quantitative estimate of drug-likeness (QED) is 0.727. The maximum absolute atomic E-state index is 13.1. The van der Waals surface area contributed by atoms with Gasteiger partial charge in [0.2, 0.25) is 5.91 Å². The zero-order valence-corrected chi connectivity index (χ0v) is 17.0. The van der Waals surface area contributed by atoms with E-state index < -0.39 is 0 Å². The molecular weight excluding hydrogens is 370 g/mol. The Bertz CT molecular complexity index is 992. The van der Waals surface area contributed by atoms with Crippen LogP contribution in [0.4, 0.5) is 0 Å². The highest BCUT2D eigenvalue weighted by Crippen LogP contribution is 2.26. The summed E-state index contributed by atoms with van der Waals surface area (Å²) in [7, 11) is 1.93. The highest BCUT2D eigenvalue weighted by Gasteiger charge is 2.30. The first kappa shape index (κ1) is 18.7. The van der Waals surface area contributed by atoms with Crippen molar-refractivity contribution in [2.24, 2.45) is 13.0 Å². The fraction of sp³-hybridized carbons (Fsp3) is 0.364. The Labute approximate surface area is 169 Å². The largest absolute Gasteiger partial charge is 0.349 e. The predicted molar refractivity (Wildman–Crippen MR) is 112 cm³/mol. The number of benzene rings is 1. The maximum atomic E-state index is 13.1. The lowest BCUT2D eigenvalue weighted by atomic mass is 9.96. The number of carbonyl (C=O) groups is 2. The van der Waals surface area contributed by atoms with E-state index in [9.17, 15) is 9.59 Å². The van der Waals surface area contributed by atoms with E-state index in [1.807, 2.05) is 71.3 Å². The normalized spacial score (nSPS) is 18.2. The number of aromatic nitrogens is 1. The fourth-order valence-corrected chi connectivity index (χ4v) is 4.80. The highest BCUT2D eigenvalue weighted by molar-refractivity contribution is 7.17. The summed E-state index contributed by atoms with van der Waals surface area (Å²) in [6.45, 7) is 3.18. The van der Waals surface area contributed by atoms with Crippen LogP contribution in [0.25, 0.3) is 10.2 Å². The van der Waals surface area contributed by atoms with E-state index in [1.54, 1.807) is 11.3 Å². The van der Waals surface area contributed by atoms with Crippen molar-refractivity contribution in [3.8, 4) is 0 Å². The molecule has 146 valence electrons. The molecule has 2 aromatic heterocycles. The van der Waals surface area contributed by atoms with E-state index in [0.717, 1.165) is 28.6 Å². The third kappa shape index (κ3) is 3.56. The molecule has 2 amide bonds. The number of hydrogen-bond donors (Lipinski definition) is 1. The van der Waals surface area contributed by atoms with E-state index in [0.29, 0.717) is 18.8 Å². The van der Waals surface area contributed by atoms with Gasteiger partial charge in [0, 0.05) is 20.1 Å². The van der Waals surface area contributed by atoms with Crippen LogP contribution in [0, 0.1) is 5.92 Å². The van der Waals surface area contributed by atoms with Gasteiger partial charge < -0.3 is 14.8 Å². The van der Waals surface area contributed by atoms with E-state index in [2.05, 4.69) is 5.32 Å². The molecule has 1 aromatic carbocycles. The van der Waals surface area contributed by atoms with Gasteiger partial charge in [0.25, 0.3) is 5.91 Å². The minimum atomic E-state index is -0.162. The number of amides is 2. The first-order valence-electron chi connectivity index (χ1n) is 9.72. The second-order valence-corrected chi connectivity index (χ2v) is 8.44. The fourth-order valence-electron chi connectivity index (χ4n) is 3.95. The monoisotopic (exact) mass is 395 g/mol. The Morgan fingerprint density at radius 3 is 2.75 bits per heavy atom. The average Bonchev–Trinajstić information content (AvgIpc) is 3.31. The summed E-state index contributed by atoms with van der Waals surface area (Å²) in [6, 6.07) is 13.9. The third-order valence-electron chi connectivity index (χ3n) is 5.62. The van der Waals surface area contributed by atoms with Crippen LogP contribution in [-0.2, 0) is 11.8 Å². The molecule has 0 aliphatic carbocycles. The molecule has 5 nitrogen and oxygen atoms in total. The van der Waals surface area contributed by atoms with Crippen LogP contribution in [0.2, 0.25) is 0 Å². The number of rotatable bonds is 4. The van der Waals surface area contributed by atoms with Crippen molar-refractivity contribution < 1.29 is 9.59 Å². The number of aryl methyl sites for hydroxylation is 1. The summed E-state index contributed by atoms with van der Waals surface area (Å²) in [6.07, 6.45) is 1.67. The van der Waals surface area contributed by atoms with Crippen molar-refractivity contribution in [1.29, 1.82) is 0 Å². The van der Waals surface area contributed by atoms with Gasteiger partial charge in [0.1, 0.15) is 5.69 Å². The van der Waals surface area contributed by atoms with Gasteiger partial charge in [-0.2, -0.15) is 0 Å². The molecule has 3 heterocycles. The van der Waals surface area contributed by atoms with Gasteiger partial charge in [-0.1, -0.05) is 30.3 Å². The number of fused-ring (bicyclic) bond motifs is 1. The molecule has 1 fully saturated rings. The molecule has 6 heteroatoms. The van der Waals surface area contributed by atoms with Crippen molar-refractivity contribution in [3.05, 3.63) is 59.1 Å². The van der Waals surface area contributed by atoms with Crippen molar-refractivity contribution in [1.82, 2.24) is 14.8 Å². The van der Waals surface area contributed by atoms with Crippen LogP contribution < -0.4 is 5.32 Å². The van der Waals surface area contributed by atoms with Crippen molar-refractivity contribution >= 4 is 33.4 Å². The maximum Gasteiger partial charge on any atom is 0.270 e. The Kier molecular flexibility index (Phi) is 5.22.